The molecule has 0 aromatic heterocycles. The van der Waals surface area contributed by atoms with Crippen molar-refractivity contribution in [2.24, 2.45) is 0 Å². The average Bonchev–Trinajstić information content (AvgIpc) is 2.15. The van der Waals surface area contributed by atoms with Crippen LogP contribution in [0.2, 0.25) is 0 Å². The lowest BCUT2D eigenvalue weighted by atomic mass is 10.0. The number of ether oxygens (including phenoxy) is 1. The van der Waals surface area contributed by atoms with E-state index in [-0.39, 0.29) is 18.6 Å². The van der Waals surface area contributed by atoms with Crippen molar-refractivity contribution in [1.29, 1.82) is 5.26 Å². The molecule has 0 saturated carbocycles. The topological polar surface area (TPSA) is 53.3 Å². The van der Waals surface area contributed by atoms with Crippen LogP contribution in [0.15, 0.2) is 0 Å². The molecule has 0 aliphatic carbocycles. The highest BCUT2D eigenvalue weighted by Crippen LogP contribution is 2.15. The Bertz CT molecular complexity index is 222. The fourth-order valence-corrected chi connectivity index (χ4v) is 1.57. The van der Waals surface area contributed by atoms with Crippen LogP contribution >= 0.6 is 0 Å². The first-order chi connectivity index (χ1) is 6.25. The van der Waals surface area contributed by atoms with Gasteiger partial charge in [-0.25, -0.2) is 0 Å². The van der Waals surface area contributed by atoms with E-state index < -0.39 is 0 Å². The summed E-state index contributed by atoms with van der Waals surface area (Å²) >= 11 is 0. The van der Waals surface area contributed by atoms with E-state index in [0.717, 1.165) is 25.8 Å². The third-order valence-corrected chi connectivity index (χ3v) is 2.32. The van der Waals surface area contributed by atoms with Gasteiger partial charge in [0.05, 0.1) is 0 Å². The zero-order valence-electron chi connectivity index (χ0n) is 7.82. The van der Waals surface area contributed by atoms with Gasteiger partial charge in [-0.05, 0) is 26.4 Å². The molecule has 1 heterocycles. The second kappa shape index (κ2) is 4.83. The van der Waals surface area contributed by atoms with E-state index in [4.69, 9.17) is 10.00 Å². The number of likely N-dealkylation sites (N-methyl/N-ethyl adjacent to an activating group) is 1. The van der Waals surface area contributed by atoms with Crippen molar-refractivity contribution in [3.63, 3.8) is 0 Å². The predicted octanol–water partition coefficient (Wildman–Crippen LogP) is 0.537. The first-order valence-corrected chi connectivity index (χ1v) is 4.49. The maximum absolute atomic E-state index is 11.4. The highest BCUT2D eigenvalue weighted by Gasteiger charge is 2.26. The molecule has 0 aromatic rings. The maximum Gasteiger partial charge on any atom is 0.324 e. The molecule has 13 heavy (non-hydrogen) atoms. The van der Waals surface area contributed by atoms with Crippen LogP contribution in [0.5, 0.6) is 0 Å². The van der Waals surface area contributed by atoms with Gasteiger partial charge in [0.1, 0.15) is 12.1 Å². The summed E-state index contributed by atoms with van der Waals surface area (Å²) in [6, 6.07) is 1.65. The van der Waals surface area contributed by atoms with Crippen molar-refractivity contribution in [3.8, 4) is 6.07 Å². The van der Waals surface area contributed by atoms with Crippen molar-refractivity contribution in [2.45, 2.75) is 25.3 Å². The average molecular weight is 182 g/mol. The van der Waals surface area contributed by atoms with Gasteiger partial charge in [0.15, 0.2) is 6.61 Å². The van der Waals surface area contributed by atoms with E-state index in [1.54, 1.807) is 6.07 Å². The summed E-state index contributed by atoms with van der Waals surface area (Å²) in [7, 11) is 1.91. The van der Waals surface area contributed by atoms with Crippen LogP contribution in [-0.4, -0.2) is 37.1 Å². The van der Waals surface area contributed by atoms with E-state index >= 15 is 0 Å². The van der Waals surface area contributed by atoms with Crippen molar-refractivity contribution in [3.05, 3.63) is 0 Å². The Kier molecular flexibility index (Phi) is 3.71. The summed E-state index contributed by atoms with van der Waals surface area (Å²) in [5.74, 6) is -0.260. The van der Waals surface area contributed by atoms with Crippen LogP contribution in [0, 0.1) is 11.3 Å². The van der Waals surface area contributed by atoms with Gasteiger partial charge < -0.3 is 4.74 Å². The second-order valence-corrected chi connectivity index (χ2v) is 3.26. The summed E-state index contributed by atoms with van der Waals surface area (Å²) < 4.78 is 4.76. The maximum atomic E-state index is 11.4. The van der Waals surface area contributed by atoms with Gasteiger partial charge in [0.25, 0.3) is 0 Å². The van der Waals surface area contributed by atoms with Gasteiger partial charge in [-0.15, -0.1) is 0 Å². The number of rotatable bonds is 2. The number of hydrogen-bond donors (Lipinski definition) is 0. The van der Waals surface area contributed by atoms with Crippen molar-refractivity contribution >= 4 is 5.97 Å². The Morgan fingerprint density at radius 1 is 1.69 bits per heavy atom. The van der Waals surface area contributed by atoms with E-state index in [1.807, 2.05) is 11.9 Å². The number of hydrogen-bond acceptors (Lipinski definition) is 4. The minimum absolute atomic E-state index is 0.136. The van der Waals surface area contributed by atoms with E-state index in [0.29, 0.717) is 0 Å². The summed E-state index contributed by atoms with van der Waals surface area (Å²) in [5, 5.41) is 8.24. The van der Waals surface area contributed by atoms with Crippen LogP contribution in [0.3, 0.4) is 0 Å². The minimum atomic E-state index is -0.260. The largest absolute Gasteiger partial charge is 0.449 e. The normalized spacial score (nSPS) is 23.5. The lowest BCUT2D eigenvalue weighted by Crippen LogP contribution is -2.42. The van der Waals surface area contributed by atoms with Crippen LogP contribution in [0.1, 0.15) is 19.3 Å². The quantitative estimate of drug-likeness (QED) is 0.585. The molecule has 0 aromatic carbocycles. The van der Waals surface area contributed by atoms with Crippen molar-refractivity contribution in [2.75, 3.05) is 20.2 Å². The van der Waals surface area contributed by atoms with Gasteiger partial charge in [-0.1, -0.05) is 6.42 Å². The zero-order valence-corrected chi connectivity index (χ0v) is 7.82. The fraction of sp³-hybridized carbons (Fsp3) is 0.778. The molecule has 0 amide bonds. The molecule has 0 radical (unpaired) electrons. The summed E-state index contributed by atoms with van der Waals surface area (Å²) in [6.07, 6.45) is 3.05. The number of nitrogens with zero attached hydrogens (tertiary/aromatic N) is 2. The first kappa shape index (κ1) is 10.0. The molecule has 1 unspecified atom stereocenters. The molecule has 1 fully saturated rings. The number of carbonyl (C=O) groups is 1. The molecule has 1 rings (SSSR count). The lowest BCUT2D eigenvalue weighted by Gasteiger charge is -2.30. The third kappa shape index (κ3) is 2.71. The summed E-state index contributed by atoms with van der Waals surface area (Å²) in [5.41, 5.74) is 0. The molecule has 1 aliphatic rings. The molecule has 0 bridgehead atoms. The lowest BCUT2D eigenvalue weighted by molar-refractivity contribution is -0.149. The summed E-state index contributed by atoms with van der Waals surface area (Å²) in [4.78, 5) is 13.3. The fourth-order valence-electron chi connectivity index (χ4n) is 1.57. The van der Waals surface area contributed by atoms with Gasteiger partial charge in [0, 0.05) is 0 Å². The number of nitriles is 1. The van der Waals surface area contributed by atoms with Gasteiger partial charge in [-0.2, -0.15) is 5.26 Å². The predicted molar refractivity (Wildman–Crippen MR) is 46.8 cm³/mol. The first-order valence-electron chi connectivity index (χ1n) is 4.49. The Balaban J connectivity index is 2.40. The molecule has 4 heteroatoms. The Hall–Kier alpha value is -1.08. The SMILES string of the molecule is CN1CCCCC1C(=O)OCC#N. The third-order valence-electron chi connectivity index (χ3n) is 2.32. The van der Waals surface area contributed by atoms with Crippen LogP contribution in [0.4, 0.5) is 0 Å². The second-order valence-electron chi connectivity index (χ2n) is 3.26. The molecule has 4 nitrogen and oxygen atoms in total. The molecule has 0 N–H and O–H groups in total. The number of esters is 1. The van der Waals surface area contributed by atoms with Gasteiger partial charge >= 0.3 is 5.97 Å². The van der Waals surface area contributed by atoms with E-state index in [9.17, 15) is 4.79 Å². The molecular weight excluding hydrogens is 168 g/mol. The molecular formula is C9H14N2O2. The van der Waals surface area contributed by atoms with Crippen LogP contribution < -0.4 is 0 Å². The van der Waals surface area contributed by atoms with Crippen LogP contribution in [0.25, 0.3) is 0 Å². The molecule has 72 valence electrons. The standard InChI is InChI=1S/C9H14N2O2/c1-11-6-3-2-4-8(11)9(12)13-7-5-10/h8H,2-4,6-7H2,1H3. The molecule has 1 atom stereocenters. The highest BCUT2D eigenvalue weighted by atomic mass is 16.5. The minimum Gasteiger partial charge on any atom is -0.449 e. The highest BCUT2D eigenvalue weighted by molar-refractivity contribution is 5.75. The smallest absolute Gasteiger partial charge is 0.324 e. The zero-order chi connectivity index (χ0) is 9.68. The number of piperidine rings is 1. The van der Waals surface area contributed by atoms with Crippen LogP contribution in [-0.2, 0) is 9.53 Å². The Morgan fingerprint density at radius 3 is 3.08 bits per heavy atom. The molecule has 1 aliphatic heterocycles. The monoisotopic (exact) mass is 182 g/mol. The molecule has 0 spiro atoms. The van der Waals surface area contributed by atoms with E-state index in [2.05, 4.69) is 0 Å². The molecule has 1 saturated heterocycles. The van der Waals surface area contributed by atoms with Gasteiger partial charge in [-0.3, -0.25) is 9.69 Å². The summed E-state index contributed by atoms with van der Waals surface area (Å²) in [6.45, 7) is 0.801. The Labute approximate surface area is 78.1 Å². The number of carbonyl (C=O) groups excluding carboxylic acids is 1. The van der Waals surface area contributed by atoms with Crippen molar-refractivity contribution in [1.82, 2.24) is 4.90 Å². The van der Waals surface area contributed by atoms with Gasteiger partial charge in [0.2, 0.25) is 0 Å². The number of likely N-dealkylation sites (tertiary alicyclic amines) is 1. The van der Waals surface area contributed by atoms with Crippen molar-refractivity contribution < 1.29 is 9.53 Å². The Morgan fingerprint density at radius 2 is 2.46 bits per heavy atom. The van der Waals surface area contributed by atoms with E-state index in [1.165, 1.54) is 0 Å².